The molecule has 0 bridgehead atoms. The molecule has 2 nitrogen and oxygen atoms in total. The van der Waals surface area contributed by atoms with Crippen molar-refractivity contribution in [2.24, 2.45) is 5.73 Å². The van der Waals surface area contributed by atoms with Gasteiger partial charge in [-0.1, -0.05) is 26.5 Å². The van der Waals surface area contributed by atoms with Crippen molar-refractivity contribution in [3.63, 3.8) is 0 Å². The second-order valence-corrected chi connectivity index (χ2v) is 3.07. The molecular weight excluding hydrogens is 180 g/mol. The normalized spacial score (nSPS) is 9.54. The average Bonchev–Trinajstić information content (AvgIpc) is 2.51. The minimum absolute atomic E-state index is 0.903. The molecule has 0 spiro atoms. The molecule has 0 saturated carbocycles. The molecule has 0 aliphatic carbocycles. The standard InChI is InChI=1S/C7H9NS.C2H6.CH5N/c1-4-7-5(2)8-6(3)9-7;2*1-2/h4H,2H2,1,3H3;1-2H3;2H2,1H3/b7-4+;;. The molecule has 0 fully saturated rings. The van der Waals surface area contributed by atoms with Gasteiger partial charge in [-0.25, -0.2) is 4.98 Å². The van der Waals surface area contributed by atoms with Crippen LogP contribution < -0.4 is 15.6 Å². The van der Waals surface area contributed by atoms with Crippen LogP contribution in [0.4, 0.5) is 0 Å². The van der Waals surface area contributed by atoms with E-state index in [9.17, 15) is 0 Å². The Morgan fingerprint density at radius 3 is 2.00 bits per heavy atom. The van der Waals surface area contributed by atoms with Crippen LogP contribution in [0.5, 0.6) is 0 Å². The largest absolute Gasteiger partial charge is 0.333 e. The molecule has 0 amide bonds. The van der Waals surface area contributed by atoms with E-state index in [0.717, 1.165) is 10.4 Å². The van der Waals surface area contributed by atoms with Crippen LogP contribution in [0.2, 0.25) is 0 Å². The third-order valence-corrected chi connectivity index (χ3v) is 2.17. The molecule has 1 heterocycles. The monoisotopic (exact) mass is 200 g/mol. The lowest BCUT2D eigenvalue weighted by atomic mass is 10.6. The Bertz CT molecular complexity index is 301. The second-order valence-electron chi connectivity index (χ2n) is 1.83. The number of rotatable bonds is 0. The molecule has 0 aliphatic rings. The van der Waals surface area contributed by atoms with Gasteiger partial charge in [0.25, 0.3) is 0 Å². The highest BCUT2D eigenvalue weighted by atomic mass is 32.1. The molecule has 0 atom stereocenters. The number of aryl methyl sites for hydroxylation is 1. The Morgan fingerprint density at radius 2 is 1.85 bits per heavy atom. The van der Waals surface area contributed by atoms with Gasteiger partial charge >= 0.3 is 0 Å². The lowest BCUT2D eigenvalue weighted by molar-refractivity contribution is 1.24. The summed E-state index contributed by atoms with van der Waals surface area (Å²) in [7, 11) is 1.50. The Labute approximate surface area is 84.8 Å². The quantitative estimate of drug-likeness (QED) is 0.685. The third-order valence-electron chi connectivity index (χ3n) is 1.10. The van der Waals surface area contributed by atoms with Gasteiger partial charge in [0.2, 0.25) is 0 Å². The molecule has 1 aromatic rings. The summed E-state index contributed by atoms with van der Waals surface area (Å²) in [4.78, 5) is 4.16. The minimum Gasteiger partial charge on any atom is -0.333 e. The van der Waals surface area contributed by atoms with E-state index in [-0.39, 0.29) is 0 Å². The van der Waals surface area contributed by atoms with E-state index in [1.165, 1.54) is 11.6 Å². The topological polar surface area (TPSA) is 38.9 Å². The molecule has 13 heavy (non-hydrogen) atoms. The lowest BCUT2D eigenvalue weighted by Gasteiger charge is -1.66. The second kappa shape index (κ2) is 9.42. The molecular formula is C10H20N2S. The number of hydrogen-bond donors (Lipinski definition) is 1. The van der Waals surface area contributed by atoms with Crippen LogP contribution in [0.1, 0.15) is 25.8 Å². The zero-order chi connectivity index (χ0) is 10.9. The fourth-order valence-electron chi connectivity index (χ4n) is 0.712. The first-order chi connectivity index (χ1) is 6.24. The Balaban J connectivity index is 0. The zero-order valence-electron chi connectivity index (χ0n) is 9.22. The van der Waals surface area contributed by atoms with E-state index in [4.69, 9.17) is 0 Å². The summed E-state index contributed by atoms with van der Waals surface area (Å²) in [5.41, 5.74) is 4.50. The van der Waals surface area contributed by atoms with Crippen molar-refractivity contribution >= 4 is 24.0 Å². The van der Waals surface area contributed by atoms with Crippen molar-refractivity contribution in [1.82, 2.24) is 4.98 Å². The molecule has 0 aromatic carbocycles. The van der Waals surface area contributed by atoms with Gasteiger partial charge in [0.15, 0.2) is 0 Å². The highest BCUT2D eigenvalue weighted by molar-refractivity contribution is 7.09. The lowest BCUT2D eigenvalue weighted by Crippen LogP contribution is -2.17. The summed E-state index contributed by atoms with van der Waals surface area (Å²) in [5.74, 6) is 0. The van der Waals surface area contributed by atoms with E-state index in [0.29, 0.717) is 0 Å². The number of thiazole rings is 1. The molecule has 76 valence electrons. The zero-order valence-corrected chi connectivity index (χ0v) is 10.0. The predicted molar refractivity (Wildman–Crippen MR) is 63.2 cm³/mol. The molecule has 1 aromatic heterocycles. The molecule has 3 heteroatoms. The fourth-order valence-corrected chi connectivity index (χ4v) is 1.47. The van der Waals surface area contributed by atoms with E-state index >= 15 is 0 Å². The maximum Gasteiger partial charge on any atom is 0.0907 e. The summed E-state index contributed by atoms with van der Waals surface area (Å²) < 4.78 is 1.19. The number of hydrogen-bond acceptors (Lipinski definition) is 3. The van der Waals surface area contributed by atoms with Crippen LogP contribution in [0, 0.1) is 6.92 Å². The molecule has 2 N–H and O–H groups in total. The van der Waals surface area contributed by atoms with Gasteiger partial charge in [-0.05, 0) is 20.9 Å². The smallest absolute Gasteiger partial charge is 0.0907 e. The van der Waals surface area contributed by atoms with Crippen molar-refractivity contribution in [3.05, 3.63) is 14.9 Å². The summed E-state index contributed by atoms with van der Waals surface area (Å²) >= 11 is 1.69. The van der Waals surface area contributed by atoms with Gasteiger partial charge < -0.3 is 5.73 Å². The number of nitrogens with two attached hydrogens (primary N) is 1. The number of aromatic nitrogens is 1. The van der Waals surface area contributed by atoms with E-state index in [1.54, 1.807) is 11.3 Å². The SMILES string of the molecule is C=c1nc(C)s/c1=C/C.CC.CN. The van der Waals surface area contributed by atoms with Crippen LogP contribution in [0.15, 0.2) is 0 Å². The molecule has 0 saturated heterocycles. The molecule has 0 unspecified atom stereocenters. The molecule has 1 rings (SSSR count). The molecule has 0 radical (unpaired) electrons. The van der Waals surface area contributed by atoms with Crippen molar-refractivity contribution in [2.45, 2.75) is 27.7 Å². The highest BCUT2D eigenvalue weighted by Crippen LogP contribution is 1.88. The average molecular weight is 200 g/mol. The van der Waals surface area contributed by atoms with Gasteiger partial charge in [-0.15, -0.1) is 11.3 Å². The van der Waals surface area contributed by atoms with Gasteiger partial charge in [0.05, 0.1) is 10.4 Å². The van der Waals surface area contributed by atoms with Crippen molar-refractivity contribution < 1.29 is 0 Å². The first kappa shape index (κ1) is 14.8. The van der Waals surface area contributed by atoms with Crippen molar-refractivity contribution in [3.8, 4) is 0 Å². The van der Waals surface area contributed by atoms with Crippen LogP contribution in [-0.4, -0.2) is 12.0 Å². The van der Waals surface area contributed by atoms with Crippen LogP contribution >= 0.6 is 11.3 Å². The Kier molecular flexibility index (Phi) is 10.7. The first-order valence-corrected chi connectivity index (χ1v) is 5.22. The molecule has 0 aliphatic heterocycles. The summed E-state index contributed by atoms with van der Waals surface area (Å²) in [5, 5.41) is 1.99. The van der Waals surface area contributed by atoms with Gasteiger partial charge in [0.1, 0.15) is 0 Å². The van der Waals surface area contributed by atoms with Gasteiger partial charge in [0, 0.05) is 4.53 Å². The number of nitrogens with zero attached hydrogens (tertiary/aromatic N) is 1. The van der Waals surface area contributed by atoms with E-state index in [1.807, 2.05) is 33.8 Å². The Hall–Kier alpha value is -0.670. The summed E-state index contributed by atoms with van der Waals surface area (Å²) in [6, 6.07) is 0. The highest BCUT2D eigenvalue weighted by Gasteiger charge is 1.87. The van der Waals surface area contributed by atoms with Crippen LogP contribution in [-0.2, 0) is 0 Å². The predicted octanol–water partition coefficient (Wildman–Crippen LogP) is 1.26. The van der Waals surface area contributed by atoms with Gasteiger partial charge in [-0.2, -0.15) is 0 Å². The first-order valence-electron chi connectivity index (χ1n) is 4.40. The van der Waals surface area contributed by atoms with Crippen LogP contribution in [0.3, 0.4) is 0 Å². The summed E-state index contributed by atoms with van der Waals surface area (Å²) in [6.07, 6.45) is 2.03. The third kappa shape index (κ3) is 5.55. The van der Waals surface area contributed by atoms with Gasteiger partial charge in [-0.3, -0.25) is 0 Å². The summed E-state index contributed by atoms with van der Waals surface area (Å²) in [6.45, 7) is 11.8. The fraction of sp³-hybridized carbons (Fsp3) is 0.500. The maximum atomic E-state index is 4.50. The van der Waals surface area contributed by atoms with Crippen LogP contribution in [0.25, 0.3) is 12.7 Å². The van der Waals surface area contributed by atoms with Crippen molar-refractivity contribution in [1.29, 1.82) is 0 Å². The minimum atomic E-state index is 0.903. The maximum absolute atomic E-state index is 4.50. The Morgan fingerprint density at radius 1 is 1.38 bits per heavy atom. The van der Waals surface area contributed by atoms with E-state index < -0.39 is 0 Å². The van der Waals surface area contributed by atoms with Crippen molar-refractivity contribution in [2.75, 3.05) is 7.05 Å². The van der Waals surface area contributed by atoms with E-state index in [2.05, 4.69) is 17.3 Å².